The Morgan fingerprint density at radius 3 is 2.63 bits per heavy atom. The molecule has 0 bridgehead atoms. The van der Waals surface area contributed by atoms with Crippen molar-refractivity contribution in [1.29, 1.82) is 0 Å². The number of ether oxygens (including phenoxy) is 1. The van der Waals surface area contributed by atoms with Crippen molar-refractivity contribution >= 4 is 16.0 Å². The number of hydrogen-bond donors (Lipinski definition) is 2. The van der Waals surface area contributed by atoms with Crippen LogP contribution in [0.15, 0.2) is 23.1 Å². The highest BCUT2D eigenvalue weighted by atomic mass is 32.2. The third kappa shape index (κ3) is 3.68. The van der Waals surface area contributed by atoms with Gasteiger partial charge in [0.1, 0.15) is 11.3 Å². The van der Waals surface area contributed by atoms with Gasteiger partial charge in [-0.3, -0.25) is 0 Å². The molecule has 0 aromatic heterocycles. The van der Waals surface area contributed by atoms with E-state index in [9.17, 15) is 18.3 Å². The van der Waals surface area contributed by atoms with Crippen molar-refractivity contribution in [2.24, 2.45) is 0 Å². The van der Waals surface area contributed by atoms with Gasteiger partial charge < -0.3 is 9.84 Å². The second-order valence-corrected chi connectivity index (χ2v) is 5.82. The lowest BCUT2D eigenvalue weighted by Gasteiger charge is -2.13. The summed E-state index contributed by atoms with van der Waals surface area (Å²) in [6.45, 7) is 3.59. The summed E-state index contributed by atoms with van der Waals surface area (Å²) < 4.78 is 31.0. The van der Waals surface area contributed by atoms with Crippen LogP contribution in [0.4, 0.5) is 0 Å². The topological polar surface area (TPSA) is 92.7 Å². The van der Waals surface area contributed by atoms with Gasteiger partial charge in [-0.05, 0) is 31.5 Å². The number of methoxy groups -OCH3 is 1. The molecule has 6 nitrogen and oxygen atoms in total. The van der Waals surface area contributed by atoms with Gasteiger partial charge in [0.15, 0.2) is 0 Å². The van der Waals surface area contributed by atoms with Crippen molar-refractivity contribution in [3.05, 3.63) is 23.8 Å². The lowest BCUT2D eigenvalue weighted by atomic mass is 10.2. The summed E-state index contributed by atoms with van der Waals surface area (Å²) in [7, 11) is -2.57. The molecule has 0 spiro atoms. The van der Waals surface area contributed by atoms with Gasteiger partial charge in [-0.2, -0.15) is 0 Å². The average Bonchev–Trinajstić information content (AvgIpc) is 2.37. The molecule has 0 aliphatic carbocycles. The first-order valence-electron chi connectivity index (χ1n) is 5.75. The number of esters is 1. The van der Waals surface area contributed by atoms with Crippen LogP contribution in [0, 0.1) is 0 Å². The summed E-state index contributed by atoms with van der Waals surface area (Å²) in [5.74, 6) is -1.12. The first-order valence-corrected chi connectivity index (χ1v) is 7.23. The first kappa shape index (κ1) is 15.5. The molecule has 0 fully saturated rings. The van der Waals surface area contributed by atoms with Gasteiger partial charge in [0.05, 0.1) is 12.0 Å². The van der Waals surface area contributed by atoms with Crippen LogP contribution in [0.2, 0.25) is 0 Å². The lowest BCUT2D eigenvalue weighted by Crippen LogP contribution is -2.32. The molecule has 19 heavy (non-hydrogen) atoms. The van der Waals surface area contributed by atoms with E-state index in [-0.39, 0.29) is 22.3 Å². The fraction of sp³-hybridized carbons (Fsp3) is 0.417. The van der Waals surface area contributed by atoms with E-state index in [0.717, 1.165) is 19.2 Å². The summed E-state index contributed by atoms with van der Waals surface area (Å²) in [5.41, 5.74) is -0.186. The molecule has 7 heteroatoms. The maximum Gasteiger partial charge on any atom is 0.341 e. The predicted octanol–water partition coefficient (Wildman–Crippen LogP) is 1.26. The Hall–Kier alpha value is -1.60. The summed E-state index contributed by atoms with van der Waals surface area (Å²) in [6.07, 6.45) is 0.640. The van der Waals surface area contributed by atoms with Crippen molar-refractivity contribution in [3.63, 3.8) is 0 Å². The fourth-order valence-electron chi connectivity index (χ4n) is 1.37. The Morgan fingerprint density at radius 2 is 2.11 bits per heavy atom. The number of aromatic hydroxyl groups is 1. The number of carbonyl (C=O) groups excluding carboxylic acids is 1. The largest absolute Gasteiger partial charge is 0.507 e. The molecular formula is C12H17NO5S. The zero-order chi connectivity index (χ0) is 14.6. The molecule has 106 valence electrons. The Labute approximate surface area is 112 Å². The van der Waals surface area contributed by atoms with Gasteiger partial charge in [-0.15, -0.1) is 0 Å². The molecule has 1 rings (SSSR count). The van der Waals surface area contributed by atoms with Crippen molar-refractivity contribution in [2.45, 2.75) is 31.2 Å². The minimum atomic E-state index is -3.72. The van der Waals surface area contributed by atoms with E-state index in [1.54, 1.807) is 6.92 Å². The molecule has 1 unspecified atom stereocenters. The average molecular weight is 287 g/mol. The molecule has 0 saturated carbocycles. The van der Waals surface area contributed by atoms with E-state index in [1.807, 2.05) is 6.92 Å². The Bertz CT molecular complexity index is 567. The van der Waals surface area contributed by atoms with E-state index in [4.69, 9.17) is 0 Å². The molecule has 0 aliphatic heterocycles. The quantitative estimate of drug-likeness (QED) is 0.795. The zero-order valence-electron chi connectivity index (χ0n) is 11.0. The minimum Gasteiger partial charge on any atom is -0.507 e. The highest BCUT2D eigenvalue weighted by Gasteiger charge is 2.20. The second kappa shape index (κ2) is 6.03. The van der Waals surface area contributed by atoms with Crippen LogP contribution >= 0.6 is 0 Å². The maximum atomic E-state index is 12.0. The van der Waals surface area contributed by atoms with Gasteiger partial charge in [0.25, 0.3) is 0 Å². The Kier molecular flexibility index (Phi) is 4.90. The fourth-order valence-corrected chi connectivity index (χ4v) is 2.72. The smallest absolute Gasteiger partial charge is 0.341 e. The first-order chi connectivity index (χ1) is 8.81. The molecule has 1 atom stereocenters. The number of sulfonamides is 1. The number of hydrogen-bond acceptors (Lipinski definition) is 5. The number of carbonyl (C=O) groups is 1. The molecule has 0 amide bonds. The summed E-state index contributed by atoms with van der Waals surface area (Å²) >= 11 is 0. The lowest BCUT2D eigenvalue weighted by molar-refractivity contribution is 0.0597. The van der Waals surface area contributed by atoms with Crippen molar-refractivity contribution in [2.75, 3.05) is 7.11 Å². The van der Waals surface area contributed by atoms with E-state index in [0.29, 0.717) is 6.42 Å². The van der Waals surface area contributed by atoms with Crippen molar-refractivity contribution < 1.29 is 23.1 Å². The molecule has 0 radical (unpaired) electrons. The molecule has 0 heterocycles. The highest BCUT2D eigenvalue weighted by molar-refractivity contribution is 7.89. The number of nitrogens with one attached hydrogen (secondary N) is 1. The number of benzene rings is 1. The number of phenolic OH excluding ortho intramolecular Hbond substituents is 1. The van der Waals surface area contributed by atoms with Gasteiger partial charge in [-0.25, -0.2) is 17.9 Å². The van der Waals surface area contributed by atoms with E-state index < -0.39 is 16.0 Å². The molecular weight excluding hydrogens is 270 g/mol. The molecule has 0 aliphatic rings. The minimum absolute atomic E-state index is 0.0917. The van der Waals surface area contributed by atoms with E-state index in [1.165, 1.54) is 6.07 Å². The van der Waals surface area contributed by atoms with Crippen LogP contribution < -0.4 is 4.72 Å². The van der Waals surface area contributed by atoms with Gasteiger partial charge in [-0.1, -0.05) is 6.92 Å². The summed E-state index contributed by atoms with van der Waals surface area (Å²) in [4.78, 5) is 11.3. The van der Waals surface area contributed by atoms with E-state index in [2.05, 4.69) is 9.46 Å². The summed E-state index contributed by atoms with van der Waals surface area (Å²) in [6, 6.07) is 3.25. The van der Waals surface area contributed by atoms with Crippen LogP contribution in [-0.2, 0) is 14.8 Å². The number of rotatable bonds is 5. The van der Waals surface area contributed by atoms with Crippen molar-refractivity contribution in [3.8, 4) is 5.75 Å². The van der Waals surface area contributed by atoms with Crippen LogP contribution in [-0.4, -0.2) is 32.6 Å². The third-order valence-corrected chi connectivity index (χ3v) is 4.24. The Balaban J connectivity index is 3.18. The van der Waals surface area contributed by atoms with Gasteiger partial charge in [0.2, 0.25) is 10.0 Å². The predicted molar refractivity (Wildman–Crippen MR) is 69.5 cm³/mol. The maximum absolute atomic E-state index is 12.0. The second-order valence-electron chi connectivity index (χ2n) is 4.10. The molecule has 0 saturated heterocycles. The Morgan fingerprint density at radius 1 is 1.47 bits per heavy atom. The summed E-state index contributed by atoms with van der Waals surface area (Å²) in [5, 5.41) is 9.51. The standard InChI is InChI=1S/C12H17NO5S/c1-4-8(2)13-19(16,17)9-5-6-11(14)10(7-9)12(15)18-3/h5-8,13-14H,4H2,1-3H3. The van der Waals surface area contributed by atoms with Crippen molar-refractivity contribution in [1.82, 2.24) is 4.72 Å². The zero-order valence-corrected chi connectivity index (χ0v) is 11.8. The molecule has 1 aromatic carbocycles. The normalized spacial score (nSPS) is 13.0. The monoisotopic (exact) mass is 287 g/mol. The molecule has 1 aromatic rings. The van der Waals surface area contributed by atoms with Gasteiger partial charge in [0, 0.05) is 6.04 Å². The highest BCUT2D eigenvalue weighted by Crippen LogP contribution is 2.22. The number of phenols is 1. The molecule has 2 N–H and O–H groups in total. The SMILES string of the molecule is CCC(C)NS(=O)(=O)c1ccc(O)c(C(=O)OC)c1. The van der Waals surface area contributed by atoms with Crippen LogP contribution in [0.3, 0.4) is 0 Å². The van der Waals surface area contributed by atoms with Crippen LogP contribution in [0.25, 0.3) is 0 Å². The van der Waals surface area contributed by atoms with Gasteiger partial charge >= 0.3 is 5.97 Å². The van der Waals surface area contributed by atoms with Crippen LogP contribution in [0.5, 0.6) is 5.75 Å². The van der Waals surface area contributed by atoms with E-state index >= 15 is 0 Å². The van der Waals surface area contributed by atoms with Crippen LogP contribution in [0.1, 0.15) is 30.6 Å². The third-order valence-electron chi connectivity index (χ3n) is 2.65.